The first-order chi connectivity index (χ1) is 9.78. The first-order valence-corrected chi connectivity index (χ1v) is 7.65. The second-order valence-corrected chi connectivity index (χ2v) is 5.88. The molecule has 3 heterocycles. The molecule has 0 aromatic carbocycles. The van der Waals surface area contributed by atoms with Gasteiger partial charge >= 0.3 is 0 Å². The van der Waals surface area contributed by atoms with Crippen LogP contribution >= 0.6 is 15.9 Å². The maximum Gasteiger partial charge on any atom is 0.112 e. The number of halogens is 1. The highest BCUT2D eigenvalue weighted by atomic mass is 79.9. The SMILES string of the molecule is NCCN1CCN(c2ccnc3cc(Br)cnc23)CC1. The predicted molar refractivity (Wildman–Crippen MR) is 84.9 cm³/mol. The van der Waals surface area contributed by atoms with E-state index < -0.39 is 0 Å². The van der Waals surface area contributed by atoms with E-state index in [2.05, 4.69) is 41.8 Å². The number of fused-ring (bicyclic) bond motifs is 1. The smallest absolute Gasteiger partial charge is 0.112 e. The van der Waals surface area contributed by atoms with Gasteiger partial charge in [0.1, 0.15) is 5.52 Å². The lowest BCUT2D eigenvalue weighted by Crippen LogP contribution is -2.47. The molecule has 20 heavy (non-hydrogen) atoms. The van der Waals surface area contributed by atoms with Crippen molar-refractivity contribution in [2.75, 3.05) is 44.2 Å². The minimum atomic E-state index is 0.730. The number of rotatable bonds is 3. The zero-order valence-electron chi connectivity index (χ0n) is 11.3. The molecular formula is C14H18BrN5. The summed E-state index contributed by atoms with van der Waals surface area (Å²) in [7, 11) is 0. The normalized spacial score (nSPS) is 16.8. The lowest BCUT2D eigenvalue weighted by Gasteiger charge is -2.36. The Morgan fingerprint density at radius 2 is 2.00 bits per heavy atom. The van der Waals surface area contributed by atoms with Crippen molar-refractivity contribution in [2.24, 2.45) is 5.73 Å². The lowest BCUT2D eigenvalue weighted by molar-refractivity contribution is 0.265. The molecule has 0 radical (unpaired) electrons. The number of hydrogen-bond donors (Lipinski definition) is 1. The van der Waals surface area contributed by atoms with Crippen molar-refractivity contribution < 1.29 is 0 Å². The van der Waals surface area contributed by atoms with Crippen LogP contribution in [-0.4, -0.2) is 54.1 Å². The van der Waals surface area contributed by atoms with Gasteiger partial charge in [0.2, 0.25) is 0 Å². The molecular weight excluding hydrogens is 318 g/mol. The van der Waals surface area contributed by atoms with Gasteiger partial charge in [-0.2, -0.15) is 0 Å². The van der Waals surface area contributed by atoms with Crippen molar-refractivity contribution in [1.82, 2.24) is 14.9 Å². The van der Waals surface area contributed by atoms with Gasteiger partial charge in [0.15, 0.2) is 0 Å². The monoisotopic (exact) mass is 335 g/mol. The average Bonchev–Trinajstić information content (AvgIpc) is 2.47. The van der Waals surface area contributed by atoms with E-state index in [-0.39, 0.29) is 0 Å². The van der Waals surface area contributed by atoms with Crippen LogP contribution in [0.15, 0.2) is 29.0 Å². The van der Waals surface area contributed by atoms with Gasteiger partial charge in [-0.15, -0.1) is 0 Å². The summed E-state index contributed by atoms with van der Waals surface area (Å²) in [4.78, 5) is 13.7. The van der Waals surface area contributed by atoms with Gasteiger partial charge in [-0.1, -0.05) is 0 Å². The Labute approximate surface area is 126 Å². The number of anilines is 1. The van der Waals surface area contributed by atoms with E-state index in [4.69, 9.17) is 5.73 Å². The molecule has 0 saturated carbocycles. The first kappa shape index (κ1) is 13.7. The van der Waals surface area contributed by atoms with Crippen LogP contribution in [-0.2, 0) is 0 Å². The Kier molecular flexibility index (Phi) is 4.14. The summed E-state index contributed by atoms with van der Waals surface area (Å²) >= 11 is 3.44. The number of aromatic nitrogens is 2. The van der Waals surface area contributed by atoms with Crippen molar-refractivity contribution in [2.45, 2.75) is 0 Å². The van der Waals surface area contributed by atoms with Crippen molar-refractivity contribution in [3.8, 4) is 0 Å². The van der Waals surface area contributed by atoms with Gasteiger partial charge in [0.25, 0.3) is 0 Å². The third-order valence-corrected chi connectivity index (χ3v) is 4.11. The molecule has 3 rings (SSSR count). The molecule has 106 valence electrons. The minimum absolute atomic E-state index is 0.730. The average molecular weight is 336 g/mol. The van der Waals surface area contributed by atoms with E-state index in [0.29, 0.717) is 0 Å². The summed E-state index contributed by atoms with van der Waals surface area (Å²) in [6.45, 7) is 5.84. The minimum Gasteiger partial charge on any atom is -0.367 e. The van der Waals surface area contributed by atoms with Gasteiger partial charge in [-0.25, -0.2) is 0 Å². The van der Waals surface area contributed by atoms with Gasteiger partial charge in [0.05, 0.1) is 11.2 Å². The van der Waals surface area contributed by atoms with Crippen molar-refractivity contribution in [3.63, 3.8) is 0 Å². The van der Waals surface area contributed by atoms with E-state index in [1.54, 1.807) is 0 Å². The van der Waals surface area contributed by atoms with Crippen LogP contribution in [0.3, 0.4) is 0 Å². The second-order valence-electron chi connectivity index (χ2n) is 4.97. The molecule has 0 amide bonds. The third-order valence-electron chi connectivity index (χ3n) is 3.68. The molecule has 0 unspecified atom stereocenters. The zero-order chi connectivity index (χ0) is 13.9. The molecule has 0 aliphatic carbocycles. The molecule has 2 aromatic heterocycles. The summed E-state index contributed by atoms with van der Waals surface area (Å²) in [5.41, 5.74) is 8.70. The molecule has 2 N–H and O–H groups in total. The molecule has 1 aliphatic heterocycles. The fourth-order valence-corrected chi connectivity index (χ4v) is 2.96. The van der Waals surface area contributed by atoms with Gasteiger partial charge < -0.3 is 10.6 Å². The van der Waals surface area contributed by atoms with Crippen molar-refractivity contribution >= 4 is 32.7 Å². The standard InChI is InChI=1S/C14H18BrN5/c15-11-9-12-14(18-10-11)13(1-3-17-12)20-7-5-19(4-2-16)6-8-20/h1,3,9-10H,2,4-8,16H2. The molecule has 2 aromatic rings. The summed E-state index contributed by atoms with van der Waals surface area (Å²) in [6, 6.07) is 4.07. The highest BCUT2D eigenvalue weighted by molar-refractivity contribution is 9.10. The van der Waals surface area contributed by atoms with Crippen LogP contribution in [0, 0.1) is 0 Å². The highest BCUT2D eigenvalue weighted by Crippen LogP contribution is 2.26. The number of nitrogens with zero attached hydrogens (tertiary/aromatic N) is 4. The fourth-order valence-electron chi connectivity index (χ4n) is 2.64. The topological polar surface area (TPSA) is 58.3 Å². The molecule has 0 spiro atoms. The lowest BCUT2D eigenvalue weighted by atomic mass is 10.2. The summed E-state index contributed by atoms with van der Waals surface area (Å²) in [6.07, 6.45) is 3.69. The summed E-state index contributed by atoms with van der Waals surface area (Å²) in [5.74, 6) is 0. The highest BCUT2D eigenvalue weighted by Gasteiger charge is 2.18. The largest absolute Gasteiger partial charge is 0.367 e. The predicted octanol–water partition coefficient (Wildman–Crippen LogP) is 1.47. The van der Waals surface area contributed by atoms with Crippen LogP contribution in [0.25, 0.3) is 11.0 Å². The van der Waals surface area contributed by atoms with Crippen LogP contribution < -0.4 is 10.6 Å². The fraction of sp³-hybridized carbons (Fsp3) is 0.429. The van der Waals surface area contributed by atoms with Gasteiger partial charge in [-0.05, 0) is 28.1 Å². The number of pyridine rings is 2. The van der Waals surface area contributed by atoms with E-state index in [9.17, 15) is 0 Å². The van der Waals surface area contributed by atoms with Crippen LogP contribution in [0.2, 0.25) is 0 Å². The quantitative estimate of drug-likeness (QED) is 0.920. The maximum absolute atomic E-state index is 5.62. The molecule has 1 aliphatic rings. The maximum atomic E-state index is 5.62. The van der Waals surface area contributed by atoms with Crippen molar-refractivity contribution in [1.29, 1.82) is 0 Å². The van der Waals surface area contributed by atoms with Crippen LogP contribution in [0.5, 0.6) is 0 Å². The Morgan fingerprint density at radius 1 is 1.20 bits per heavy atom. The number of piperazine rings is 1. The second kappa shape index (κ2) is 6.03. The van der Waals surface area contributed by atoms with Gasteiger partial charge in [0, 0.05) is 56.1 Å². The third kappa shape index (κ3) is 2.77. The molecule has 0 atom stereocenters. The van der Waals surface area contributed by atoms with E-state index in [1.807, 2.05) is 18.5 Å². The zero-order valence-corrected chi connectivity index (χ0v) is 12.9. The number of nitrogens with two attached hydrogens (primary N) is 1. The van der Waals surface area contributed by atoms with E-state index in [0.717, 1.165) is 54.8 Å². The molecule has 5 nitrogen and oxygen atoms in total. The Hall–Kier alpha value is -1.24. The van der Waals surface area contributed by atoms with Gasteiger partial charge in [-0.3, -0.25) is 14.9 Å². The van der Waals surface area contributed by atoms with Crippen LogP contribution in [0.1, 0.15) is 0 Å². The molecule has 1 saturated heterocycles. The summed E-state index contributed by atoms with van der Waals surface area (Å²) < 4.78 is 0.961. The molecule has 0 bridgehead atoms. The van der Waals surface area contributed by atoms with E-state index >= 15 is 0 Å². The Morgan fingerprint density at radius 3 is 2.75 bits per heavy atom. The molecule has 1 fully saturated rings. The van der Waals surface area contributed by atoms with Crippen LogP contribution in [0.4, 0.5) is 5.69 Å². The first-order valence-electron chi connectivity index (χ1n) is 6.85. The Balaban J connectivity index is 1.84. The molecule has 6 heteroatoms. The van der Waals surface area contributed by atoms with Crippen molar-refractivity contribution in [3.05, 3.63) is 29.0 Å². The summed E-state index contributed by atoms with van der Waals surface area (Å²) in [5, 5.41) is 0. The van der Waals surface area contributed by atoms with E-state index in [1.165, 1.54) is 5.69 Å². The number of hydrogen-bond acceptors (Lipinski definition) is 5. The Bertz CT molecular complexity index is 595.